The SMILES string of the molecule is O=C(c1cnc(OCc2ccccc2)cn1)N1CCCC(C2CC2)C1. The number of likely N-dealkylation sites (tertiary alicyclic amines) is 1. The lowest BCUT2D eigenvalue weighted by Gasteiger charge is -2.32. The summed E-state index contributed by atoms with van der Waals surface area (Å²) in [4.78, 5) is 23.1. The quantitative estimate of drug-likeness (QED) is 0.840. The molecule has 1 aromatic carbocycles. The Balaban J connectivity index is 1.35. The third-order valence-corrected chi connectivity index (χ3v) is 5.11. The number of benzene rings is 1. The number of ether oxygens (including phenoxy) is 1. The van der Waals surface area contributed by atoms with Gasteiger partial charge in [-0.2, -0.15) is 0 Å². The van der Waals surface area contributed by atoms with Crippen LogP contribution in [0.2, 0.25) is 0 Å². The van der Waals surface area contributed by atoms with E-state index in [1.807, 2.05) is 35.2 Å². The van der Waals surface area contributed by atoms with Crippen molar-refractivity contribution in [3.63, 3.8) is 0 Å². The lowest BCUT2D eigenvalue weighted by atomic mass is 9.93. The molecule has 25 heavy (non-hydrogen) atoms. The Bertz CT molecular complexity index is 713. The van der Waals surface area contributed by atoms with Crippen molar-refractivity contribution in [2.45, 2.75) is 32.3 Å². The highest BCUT2D eigenvalue weighted by atomic mass is 16.5. The molecular weight excluding hydrogens is 314 g/mol. The summed E-state index contributed by atoms with van der Waals surface area (Å²) >= 11 is 0. The summed E-state index contributed by atoms with van der Waals surface area (Å²) in [6, 6.07) is 9.91. The van der Waals surface area contributed by atoms with Gasteiger partial charge in [-0.25, -0.2) is 9.97 Å². The zero-order valence-corrected chi connectivity index (χ0v) is 14.3. The van der Waals surface area contributed by atoms with E-state index in [4.69, 9.17) is 4.74 Å². The minimum absolute atomic E-state index is 0.00698. The molecule has 1 aliphatic carbocycles. The summed E-state index contributed by atoms with van der Waals surface area (Å²) in [5.74, 6) is 1.96. The number of nitrogens with zero attached hydrogens (tertiary/aromatic N) is 3. The largest absolute Gasteiger partial charge is 0.472 e. The van der Waals surface area contributed by atoms with Crippen LogP contribution in [0.1, 0.15) is 41.7 Å². The van der Waals surface area contributed by atoms with E-state index in [0.29, 0.717) is 24.1 Å². The van der Waals surface area contributed by atoms with Gasteiger partial charge in [0.05, 0.1) is 12.4 Å². The zero-order chi connectivity index (χ0) is 17.1. The van der Waals surface area contributed by atoms with Crippen LogP contribution in [0.25, 0.3) is 0 Å². The molecule has 0 N–H and O–H groups in total. The van der Waals surface area contributed by atoms with Crippen LogP contribution in [0, 0.1) is 11.8 Å². The second-order valence-corrected chi connectivity index (χ2v) is 7.01. The fourth-order valence-electron chi connectivity index (χ4n) is 3.54. The van der Waals surface area contributed by atoms with Crippen LogP contribution in [0.4, 0.5) is 0 Å². The molecule has 2 heterocycles. The minimum Gasteiger partial charge on any atom is -0.472 e. The average molecular weight is 337 g/mol. The summed E-state index contributed by atoms with van der Waals surface area (Å²) in [6.07, 6.45) is 8.09. The third-order valence-electron chi connectivity index (χ3n) is 5.11. The van der Waals surface area contributed by atoms with Gasteiger partial charge in [0.2, 0.25) is 5.88 Å². The Morgan fingerprint density at radius 2 is 1.92 bits per heavy atom. The summed E-state index contributed by atoms with van der Waals surface area (Å²) in [7, 11) is 0. The second-order valence-electron chi connectivity index (χ2n) is 7.01. The van der Waals surface area contributed by atoms with Crippen molar-refractivity contribution in [2.24, 2.45) is 11.8 Å². The maximum atomic E-state index is 12.7. The van der Waals surface area contributed by atoms with Gasteiger partial charge in [-0.05, 0) is 43.1 Å². The maximum Gasteiger partial charge on any atom is 0.274 e. The first-order chi connectivity index (χ1) is 12.3. The molecule has 0 bridgehead atoms. The maximum absolute atomic E-state index is 12.7. The molecule has 5 heteroatoms. The molecular formula is C20H23N3O2. The molecule has 2 aromatic rings. The topological polar surface area (TPSA) is 55.3 Å². The van der Waals surface area contributed by atoms with E-state index in [-0.39, 0.29) is 5.91 Å². The predicted molar refractivity (Wildman–Crippen MR) is 94.2 cm³/mol. The predicted octanol–water partition coefficient (Wildman–Crippen LogP) is 3.32. The molecule has 1 amide bonds. The molecule has 0 radical (unpaired) electrons. The normalized spacial score (nSPS) is 20.3. The Hall–Kier alpha value is -2.43. The van der Waals surface area contributed by atoms with Crippen LogP contribution in [0.5, 0.6) is 5.88 Å². The van der Waals surface area contributed by atoms with E-state index in [9.17, 15) is 4.79 Å². The molecule has 1 saturated heterocycles. The van der Waals surface area contributed by atoms with Gasteiger partial charge in [0, 0.05) is 13.1 Å². The first-order valence-electron chi connectivity index (χ1n) is 9.07. The Morgan fingerprint density at radius 3 is 2.64 bits per heavy atom. The number of hydrogen-bond donors (Lipinski definition) is 0. The van der Waals surface area contributed by atoms with Crippen LogP contribution in [-0.4, -0.2) is 33.9 Å². The molecule has 130 valence electrons. The van der Waals surface area contributed by atoms with Gasteiger partial charge in [-0.1, -0.05) is 30.3 Å². The smallest absolute Gasteiger partial charge is 0.274 e. The van der Waals surface area contributed by atoms with Gasteiger partial charge in [-0.15, -0.1) is 0 Å². The van der Waals surface area contributed by atoms with Crippen LogP contribution in [0.3, 0.4) is 0 Å². The van der Waals surface area contributed by atoms with Gasteiger partial charge >= 0.3 is 0 Å². The monoisotopic (exact) mass is 337 g/mol. The number of hydrogen-bond acceptors (Lipinski definition) is 4. The Morgan fingerprint density at radius 1 is 1.08 bits per heavy atom. The standard InChI is InChI=1S/C20H23N3O2/c24-20(23-10-4-7-17(13-23)16-8-9-16)18-11-22-19(12-21-18)25-14-15-5-2-1-3-6-15/h1-3,5-6,11-12,16-17H,4,7-10,13-14H2. The summed E-state index contributed by atoms with van der Waals surface area (Å²) < 4.78 is 5.63. The second kappa shape index (κ2) is 7.21. The van der Waals surface area contributed by atoms with Gasteiger partial charge in [0.15, 0.2) is 0 Å². The number of amides is 1. The molecule has 1 aromatic heterocycles. The molecule has 1 unspecified atom stereocenters. The summed E-state index contributed by atoms with van der Waals surface area (Å²) in [5.41, 5.74) is 1.48. The highest BCUT2D eigenvalue weighted by Gasteiger charge is 2.35. The van der Waals surface area contributed by atoms with Gasteiger partial charge < -0.3 is 9.64 Å². The first kappa shape index (κ1) is 16.1. The van der Waals surface area contributed by atoms with Crippen molar-refractivity contribution in [2.75, 3.05) is 13.1 Å². The van der Waals surface area contributed by atoms with Crippen molar-refractivity contribution in [1.82, 2.24) is 14.9 Å². The number of aromatic nitrogens is 2. The Kier molecular flexibility index (Phi) is 4.63. The van der Waals surface area contributed by atoms with Crippen molar-refractivity contribution in [1.29, 1.82) is 0 Å². The molecule has 1 aliphatic heterocycles. The van der Waals surface area contributed by atoms with Crippen molar-refractivity contribution >= 4 is 5.91 Å². The van der Waals surface area contributed by atoms with Crippen LogP contribution >= 0.6 is 0 Å². The van der Waals surface area contributed by atoms with Crippen LogP contribution in [0.15, 0.2) is 42.7 Å². The van der Waals surface area contributed by atoms with Gasteiger partial charge in [-0.3, -0.25) is 4.79 Å². The molecule has 0 spiro atoms. The zero-order valence-electron chi connectivity index (χ0n) is 14.3. The van der Waals surface area contributed by atoms with E-state index in [2.05, 4.69) is 9.97 Å². The fourth-order valence-corrected chi connectivity index (χ4v) is 3.54. The van der Waals surface area contributed by atoms with E-state index in [0.717, 1.165) is 31.0 Å². The lowest BCUT2D eigenvalue weighted by molar-refractivity contribution is 0.0653. The molecule has 1 saturated carbocycles. The molecule has 2 aliphatic rings. The summed E-state index contributed by atoms with van der Waals surface area (Å²) in [5, 5.41) is 0. The van der Waals surface area contributed by atoms with E-state index < -0.39 is 0 Å². The molecule has 4 rings (SSSR count). The van der Waals surface area contributed by atoms with E-state index >= 15 is 0 Å². The number of rotatable bonds is 5. The molecule has 5 nitrogen and oxygen atoms in total. The number of carbonyl (C=O) groups is 1. The van der Waals surface area contributed by atoms with E-state index in [1.165, 1.54) is 25.5 Å². The van der Waals surface area contributed by atoms with Crippen molar-refractivity contribution in [3.8, 4) is 5.88 Å². The van der Waals surface area contributed by atoms with Gasteiger partial charge in [0.25, 0.3) is 5.91 Å². The Labute approximate surface area is 148 Å². The van der Waals surface area contributed by atoms with Crippen LogP contribution in [-0.2, 0) is 6.61 Å². The first-order valence-corrected chi connectivity index (χ1v) is 9.07. The van der Waals surface area contributed by atoms with Crippen molar-refractivity contribution < 1.29 is 9.53 Å². The highest BCUT2D eigenvalue weighted by Crippen LogP contribution is 2.41. The highest BCUT2D eigenvalue weighted by molar-refractivity contribution is 5.92. The van der Waals surface area contributed by atoms with Crippen LogP contribution < -0.4 is 4.74 Å². The summed E-state index contributed by atoms with van der Waals surface area (Å²) in [6.45, 7) is 2.14. The molecule has 1 atom stereocenters. The minimum atomic E-state index is -0.00698. The average Bonchev–Trinajstić information content (AvgIpc) is 3.52. The van der Waals surface area contributed by atoms with Gasteiger partial charge in [0.1, 0.15) is 12.3 Å². The van der Waals surface area contributed by atoms with Crippen molar-refractivity contribution in [3.05, 3.63) is 54.0 Å². The molecule has 2 fully saturated rings. The third kappa shape index (κ3) is 3.98. The lowest BCUT2D eigenvalue weighted by Crippen LogP contribution is -2.40. The number of carbonyl (C=O) groups excluding carboxylic acids is 1. The number of piperidine rings is 1. The fraction of sp³-hybridized carbons (Fsp3) is 0.450. The van der Waals surface area contributed by atoms with E-state index in [1.54, 1.807) is 6.20 Å².